The highest BCUT2D eigenvalue weighted by molar-refractivity contribution is 5.74. The van der Waals surface area contributed by atoms with Crippen LogP contribution in [-0.4, -0.2) is 50.2 Å². The van der Waals surface area contributed by atoms with Crippen molar-refractivity contribution in [3.8, 4) is 11.5 Å². The number of nitrogens with zero attached hydrogens (tertiary/aromatic N) is 4. The molecule has 0 bridgehead atoms. The van der Waals surface area contributed by atoms with Gasteiger partial charge >= 0.3 is 5.69 Å². The highest BCUT2D eigenvalue weighted by Crippen LogP contribution is 2.19. The van der Waals surface area contributed by atoms with Gasteiger partial charge < -0.3 is 24.5 Å². The van der Waals surface area contributed by atoms with Crippen LogP contribution in [0.5, 0.6) is 11.5 Å². The summed E-state index contributed by atoms with van der Waals surface area (Å²) in [5, 5.41) is 14.0. The average Bonchev–Trinajstić information content (AvgIpc) is 3.24. The van der Waals surface area contributed by atoms with Crippen molar-refractivity contribution < 1.29 is 14.6 Å². The van der Waals surface area contributed by atoms with Crippen LogP contribution >= 0.6 is 0 Å². The molecule has 2 aromatic carbocycles. The van der Waals surface area contributed by atoms with E-state index in [9.17, 15) is 14.7 Å². The SMILES string of the molecule is COc1ccc(OCC(O)Cn2c(NCCc3ccccc3)nc3c2c(=O)n(C)c(=O)n3C)cc1. The van der Waals surface area contributed by atoms with Crippen molar-refractivity contribution in [2.75, 3.05) is 25.6 Å². The van der Waals surface area contributed by atoms with Crippen molar-refractivity contribution in [1.29, 1.82) is 0 Å². The second-order valence-electron chi connectivity index (χ2n) is 8.23. The molecule has 0 spiro atoms. The number of hydrogen-bond donors (Lipinski definition) is 2. The fraction of sp³-hybridized carbons (Fsp3) is 0.320. The summed E-state index contributed by atoms with van der Waals surface area (Å²) in [6, 6.07) is 17.0. The summed E-state index contributed by atoms with van der Waals surface area (Å²) >= 11 is 0. The van der Waals surface area contributed by atoms with Gasteiger partial charge in [0.2, 0.25) is 5.95 Å². The quantitative estimate of drug-likeness (QED) is 0.355. The topological polar surface area (TPSA) is 113 Å². The first-order valence-corrected chi connectivity index (χ1v) is 11.3. The third-order valence-corrected chi connectivity index (χ3v) is 5.78. The zero-order valence-corrected chi connectivity index (χ0v) is 20.0. The van der Waals surface area contributed by atoms with Gasteiger partial charge in [-0.2, -0.15) is 4.98 Å². The van der Waals surface area contributed by atoms with Gasteiger partial charge in [-0.05, 0) is 36.2 Å². The number of benzene rings is 2. The predicted octanol–water partition coefficient (Wildman–Crippen LogP) is 1.54. The van der Waals surface area contributed by atoms with Crippen LogP contribution in [0, 0.1) is 0 Å². The lowest BCUT2D eigenvalue weighted by Crippen LogP contribution is -2.38. The maximum atomic E-state index is 13.0. The van der Waals surface area contributed by atoms with Crippen molar-refractivity contribution in [3.63, 3.8) is 0 Å². The second kappa shape index (κ2) is 10.5. The molecule has 2 aromatic heterocycles. The Balaban J connectivity index is 1.58. The molecule has 0 aliphatic carbocycles. The normalized spacial score (nSPS) is 12.0. The number of aryl methyl sites for hydroxylation is 1. The third-order valence-electron chi connectivity index (χ3n) is 5.78. The molecule has 1 unspecified atom stereocenters. The largest absolute Gasteiger partial charge is 0.497 e. The Kier molecular flexibility index (Phi) is 7.21. The Morgan fingerprint density at radius 2 is 1.69 bits per heavy atom. The van der Waals surface area contributed by atoms with Crippen molar-refractivity contribution >= 4 is 17.1 Å². The molecular weight excluding hydrogens is 450 g/mol. The minimum Gasteiger partial charge on any atom is -0.497 e. The molecule has 184 valence electrons. The van der Waals surface area contributed by atoms with Crippen LogP contribution in [0.25, 0.3) is 11.2 Å². The molecule has 0 aliphatic rings. The highest BCUT2D eigenvalue weighted by Gasteiger charge is 2.21. The molecule has 1 atom stereocenters. The number of anilines is 1. The number of methoxy groups -OCH3 is 1. The number of aromatic nitrogens is 4. The molecule has 0 amide bonds. The first-order chi connectivity index (χ1) is 16.9. The number of nitrogens with one attached hydrogen (secondary N) is 1. The van der Waals surface area contributed by atoms with Gasteiger partial charge in [0.15, 0.2) is 11.2 Å². The number of aliphatic hydroxyl groups excluding tert-OH is 1. The van der Waals surface area contributed by atoms with Crippen molar-refractivity contribution in [3.05, 3.63) is 81.0 Å². The minimum absolute atomic E-state index is 0.00152. The van der Waals surface area contributed by atoms with Crippen LogP contribution in [0.3, 0.4) is 0 Å². The van der Waals surface area contributed by atoms with E-state index in [2.05, 4.69) is 10.3 Å². The molecule has 0 saturated carbocycles. The summed E-state index contributed by atoms with van der Waals surface area (Å²) in [5.74, 6) is 1.69. The Bertz CT molecular complexity index is 1410. The van der Waals surface area contributed by atoms with E-state index in [-0.39, 0.29) is 24.3 Å². The maximum Gasteiger partial charge on any atom is 0.332 e. The molecule has 0 saturated heterocycles. The van der Waals surface area contributed by atoms with Crippen LogP contribution in [-0.2, 0) is 27.1 Å². The zero-order valence-electron chi connectivity index (χ0n) is 20.0. The summed E-state index contributed by atoms with van der Waals surface area (Å²) < 4.78 is 14.8. The van der Waals surface area contributed by atoms with Gasteiger partial charge in [-0.3, -0.25) is 13.9 Å². The smallest absolute Gasteiger partial charge is 0.332 e. The summed E-state index contributed by atoms with van der Waals surface area (Å²) in [6.45, 7) is 0.606. The molecule has 10 nitrogen and oxygen atoms in total. The average molecular weight is 480 g/mol. The lowest BCUT2D eigenvalue weighted by molar-refractivity contribution is 0.0938. The summed E-state index contributed by atoms with van der Waals surface area (Å²) in [4.78, 5) is 29.9. The van der Waals surface area contributed by atoms with Gasteiger partial charge in [-0.15, -0.1) is 0 Å². The molecule has 4 aromatic rings. The van der Waals surface area contributed by atoms with Crippen LogP contribution in [0.1, 0.15) is 5.56 Å². The number of imidazole rings is 1. The number of ether oxygens (including phenoxy) is 2. The molecule has 0 radical (unpaired) electrons. The number of aliphatic hydroxyl groups is 1. The fourth-order valence-electron chi connectivity index (χ4n) is 3.85. The number of rotatable bonds is 10. The van der Waals surface area contributed by atoms with Gasteiger partial charge in [0.25, 0.3) is 5.56 Å². The first kappa shape index (κ1) is 24.1. The van der Waals surface area contributed by atoms with Gasteiger partial charge in [-0.25, -0.2) is 4.79 Å². The number of hydrogen-bond acceptors (Lipinski definition) is 7. The lowest BCUT2D eigenvalue weighted by Gasteiger charge is -2.16. The van der Waals surface area contributed by atoms with Gasteiger partial charge in [0.1, 0.15) is 24.2 Å². The molecule has 2 N–H and O–H groups in total. The predicted molar refractivity (Wildman–Crippen MR) is 133 cm³/mol. The van der Waals surface area contributed by atoms with E-state index in [1.54, 1.807) is 43.0 Å². The molecule has 0 fully saturated rings. The molecule has 0 aliphatic heterocycles. The van der Waals surface area contributed by atoms with E-state index in [1.807, 2.05) is 30.3 Å². The van der Waals surface area contributed by atoms with Gasteiger partial charge in [0, 0.05) is 20.6 Å². The monoisotopic (exact) mass is 479 g/mol. The third kappa shape index (κ3) is 5.22. The molecule has 10 heteroatoms. The van der Waals surface area contributed by atoms with Gasteiger partial charge in [-0.1, -0.05) is 30.3 Å². The van der Waals surface area contributed by atoms with E-state index in [1.165, 1.54) is 11.6 Å². The molecular formula is C25H29N5O5. The van der Waals surface area contributed by atoms with E-state index >= 15 is 0 Å². The van der Waals surface area contributed by atoms with E-state index in [4.69, 9.17) is 9.47 Å². The van der Waals surface area contributed by atoms with Crippen LogP contribution < -0.4 is 26.0 Å². The Morgan fingerprint density at radius 1 is 1.00 bits per heavy atom. The van der Waals surface area contributed by atoms with Crippen LogP contribution in [0.4, 0.5) is 5.95 Å². The van der Waals surface area contributed by atoms with Crippen LogP contribution in [0.2, 0.25) is 0 Å². The standard InChI is InChI=1S/C25H29N5O5/c1-28-22-21(23(32)29(2)25(28)33)30(24(27-22)26-14-13-17-7-5-4-6-8-17)15-18(31)16-35-20-11-9-19(34-3)10-12-20/h4-12,18,31H,13-16H2,1-3H3,(H,26,27). The van der Waals surface area contributed by atoms with Crippen LogP contribution in [0.15, 0.2) is 64.2 Å². The van der Waals surface area contributed by atoms with Gasteiger partial charge in [0.05, 0.1) is 13.7 Å². The summed E-state index contributed by atoms with van der Waals surface area (Å²) in [7, 11) is 4.58. The Hall–Kier alpha value is -4.05. The minimum atomic E-state index is -0.939. The van der Waals surface area contributed by atoms with Crippen molar-refractivity contribution in [1.82, 2.24) is 18.7 Å². The van der Waals surface area contributed by atoms with Crippen molar-refractivity contribution in [2.24, 2.45) is 14.1 Å². The summed E-state index contributed by atoms with van der Waals surface area (Å²) in [6.07, 6.45) is -0.199. The lowest BCUT2D eigenvalue weighted by atomic mass is 10.1. The summed E-state index contributed by atoms with van der Waals surface area (Å²) in [5.41, 5.74) is 0.698. The second-order valence-corrected chi connectivity index (χ2v) is 8.23. The Labute approximate surface area is 202 Å². The number of fused-ring (bicyclic) bond motifs is 1. The molecule has 4 rings (SSSR count). The fourth-order valence-corrected chi connectivity index (χ4v) is 3.85. The van der Waals surface area contributed by atoms with E-state index < -0.39 is 17.4 Å². The van der Waals surface area contributed by atoms with E-state index in [0.29, 0.717) is 24.0 Å². The highest BCUT2D eigenvalue weighted by atomic mass is 16.5. The van der Waals surface area contributed by atoms with Crippen molar-refractivity contribution in [2.45, 2.75) is 19.1 Å². The molecule has 2 heterocycles. The van der Waals surface area contributed by atoms with E-state index in [0.717, 1.165) is 16.6 Å². The Morgan fingerprint density at radius 3 is 2.37 bits per heavy atom. The molecule has 35 heavy (non-hydrogen) atoms. The maximum absolute atomic E-state index is 13.0. The first-order valence-electron chi connectivity index (χ1n) is 11.3. The zero-order chi connectivity index (χ0) is 24.9.